The van der Waals surface area contributed by atoms with Crippen LogP contribution in [0.25, 0.3) is 11.5 Å². The Bertz CT molecular complexity index is 1230. The molecule has 3 aromatic rings. The zero-order chi connectivity index (χ0) is 22.9. The maximum absolute atomic E-state index is 13.1. The molecule has 1 aromatic carbocycles. The molecule has 0 radical (unpaired) electrons. The van der Waals surface area contributed by atoms with Gasteiger partial charge in [-0.2, -0.15) is 0 Å². The zero-order valence-electron chi connectivity index (χ0n) is 17.8. The van der Waals surface area contributed by atoms with Gasteiger partial charge < -0.3 is 4.90 Å². The van der Waals surface area contributed by atoms with Crippen LogP contribution in [-0.2, 0) is 9.84 Å². The van der Waals surface area contributed by atoms with Crippen molar-refractivity contribution in [1.82, 2.24) is 29.6 Å². The molecule has 1 unspecified atom stereocenters. The second-order valence-corrected chi connectivity index (χ2v) is 9.92. The smallest absolute Gasteiger partial charge is 0.254 e. The van der Waals surface area contributed by atoms with E-state index in [9.17, 15) is 13.2 Å². The molecule has 2 aromatic heterocycles. The van der Waals surface area contributed by atoms with Crippen LogP contribution in [0, 0.1) is 0 Å². The van der Waals surface area contributed by atoms with Gasteiger partial charge in [-0.3, -0.25) is 9.78 Å². The normalized spacial score (nSPS) is 12.7. The van der Waals surface area contributed by atoms with E-state index in [-0.39, 0.29) is 21.5 Å². The number of carbonyl (C=O) groups is 1. The molecular weight excluding hydrogens is 440 g/mol. The number of hydrogen-bond donors (Lipinski definition) is 0. The number of hydrogen-bond acceptors (Lipinski definition) is 7. The number of carbonyl (C=O) groups excluding carboxylic acids is 1. The molecular formula is C20H23ClN6O3S. The van der Waals surface area contributed by atoms with Gasteiger partial charge in [0.2, 0.25) is 5.82 Å². The van der Waals surface area contributed by atoms with Crippen LogP contribution >= 0.6 is 11.6 Å². The number of sulfone groups is 1. The van der Waals surface area contributed by atoms with E-state index in [0.717, 1.165) is 6.26 Å². The highest BCUT2D eigenvalue weighted by atomic mass is 35.5. The Morgan fingerprint density at radius 3 is 2.39 bits per heavy atom. The average molecular weight is 463 g/mol. The van der Waals surface area contributed by atoms with Gasteiger partial charge in [-0.25, -0.2) is 23.1 Å². The van der Waals surface area contributed by atoms with Crippen molar-refractivity contribution in [2.75, 3.05) is 13.3 Å². The van der Waals surface area contributed by atoms with Crippen molar-refractivity contribution in [1.29, 1.82) is 0 Å². The number of aromatic nitrogens is 5. The van der Waals surface area contributed by atoms with Crippen molar-refractivity contribution < 1.29 is 13.2 Å². The summed E-state index contributed by atoms with van der Waals surface area (Å²) < 4.78 is 25.6. The van der Waals surface area contributed by atoms with Gasteiger partial charge in [0.05, 0.1) is 16.6 Å². The molecule has 1 atom stereocenters. The van der Waals surface area contributed by atoms with Gasteiger partial charge >= 0.3 is 0 Å². The zero-order valence-corrected chi connectivity index (χ0v) is 19.4. The largest absolute Gasteiger partial charge is 0.333 e. The third-order valence-electron chi connectivity index (χ3n) is 4.82. The Hall–Kier alpha value is -2.85. The second-order valence-electron chi connectivity index (χ2n) is 7.47. The number of rotatable bonds is 6. The van der Waals surface area contributed by atoms with Gasteiger partial charge in [-0.15, -0.1) is 5.10 Å². The van der Waals surface area contributed by atoms with E-state index in [0.29, 0.717) is 17.2 Å². The summed E-state index contributed by atoms with van der Waals surface area (Å²) in [5.74, 6) is 0.00351. The monoisotopic (exact) mass is 462 g/mol. The molecule has 0 N–H and O–H groups in total. The van der Waals surface area contributed by atoms with E-state index in [4.69, 9.17) is 11.6 Å². The molecule has 0 aliphatic rings. The molecule has 3 rings (SSSR count). The highest BCUT2D eigenvalue weighted by Crippen LogP contribution is 2.27. The third kappa shape index (κ3) is 4.91. The van der Waals surface area contributed by atoms with Crippen molar-refractivity contribution in [3.8, 4) is 11.5 Å². The molecule has 164 valence electrons. The number of nitrogens with zero attached hydrogens (tertiary/aromatic N) is 6. The van der Waals surface area contributed by atoms with E-state index in [2.05, 4.69) is 20.1 Å². The Labute approximate surface area is 186 Å². The van der Waals surface area contributed by atoms with Gasteiger partial charge in [-0.05, 0) is 39.0 Å². The summed E-state index contributed by atoms with van der Waals surface area (Å²) in [5, 5.41) is 4.61. The lowest BCUT2D eigenvalue weighted by Crippen LogP contribution is -2.31. The maximum atomic E-state index is 13.1. The Balaban J connectivity index is 1.96. The lowest BCUT2D eigenvalue weighted by Gasteiger charge is -2.25. The molecule has 31 heavy (non-hydrogen) atoms. The fourth-order valence-corrected chi connectivity index (χ4v) is 3.90. The van der Waals surface area contributed by atoms with Crippen LogP contribution < -0.4 is 0 Å². The Morgan fingerprint density at radius 2 is 1.77 bits per heavy atom. The van der Waals surface area contributed by atoms with Gasteiger partial charge in [0.25, 0.3) is 5.91 Å². The summed E-state index contributed by atoms with van der Waals surface area (Å²) >= 11 is 6.06. The van der Waals surface area contributed by atoms with Crippen molar-refractivity contribution >= 4 is 27.3 Å². The van der Waals surface area contributed by atoms with Crippen LogP contribution in [0.5, 0.6) is 0 Å². The molecule has 0 saturated heterocycles. The van der Waals surface area contributed by atoms with Crippen LogP contribution in [0.3, 0.4) is 0 Å². The maximum Gasteiger partial charge on any atom is 0.254 e. The third-order valence-corrected chi connectivity index (χ3v) is 6.13. The van der Waals surface area contributed by atoms with Crippen molar-refractivity contribution in [3.63, 3.8) is 0 Å². The summed E-state index contributed by atoms with van der Waals surface area (Å²) in [6.45, 7) is 5.77. The van der Waals surface area contributed by atoms with Crippen LogP contribution in [0.15, 0.2) is 41.8 Å². The number of halogens is 1. The topological polar surface area (TPSA) is 111 Å². The van der Waals surface area contributed by atoms with Crippen molar-refractivity contribution in [2.45, 2.75) is 37.8 Å². The Morgan fingerprint density at radius 1 is 1.10 bits per heavy atom. The number of benzene rings is 1. The molecule has 1 amide bonds. The summed E-state index contributed by atoms with van der Waals surface area (Å²) in [4.78, 5) is 27.7. The van der Waals surface area contributed by atoms with E-state index in [1.54, 1.807) is 31.2 Å². The predicted octanol–water partition coefficient (Wildman–Crippen LogP) is 3.21. The first-order valence-electron chi connectivity index (χ1n) is 9.49. The molecule has 0 aliphatic heterocycles. The van der Waals surface area contributed by atoms with Gasteiger partial charge in [-0.1, -0.05) is 11.6 Å². The van der Waals surface area contributed by atoms with Gasteiger partial charge in [0, 0.05) is 42.3 Å². The lowest BCUT2D eigenvalue weighted by molar-refractivity contribution is 0.0739. The lowest BCUT2D eigenvalue weighted by atomic mass is 10.1. The molecule has 11 heteroatoms. The molecule has 0 bridgehead atoms. The molecule has 0 saturated carbocycles. The van der Waals surface area contributed by atoms with Crippen molar-refractivity contribution in [3.05, 3.63) is 53.2 Å². The quantitative estimate of drug-likeness (QED) is 0.552. The van der Waals surface area contributed by atoms with E-state index in [1.165, 1.54) is 29.3 Å². The Kier molecular flexibility index (Phi) is 6.42. The fourth-order valence-electron chi connectivity index (χ4n) is 2.92. The van der Waals surface area contributed by atoms with E-state index in [1.807, 2.05) is 13.8 Å². The van der Waals surface area contributed by atoms with E-state index >= 15 is 0 Å². The van der Waals surface area contributed by atoms with E-state index < -0.39 is 21.8 Å². The minimum absolute atomic E-state index is 0.0204. The molecule has 0 aliphatic carbocycles. The highest BCUT2D eigenvalue weighted by Gasteiger charge is 2.26. The SMILES string of the molecule is CC(c1nccnc1-c1ncn(C(C)C)n1)N(C)C(=O)c1cc(Cl)cc(S(C)(=O)=O)c1. The first-order valence-corrected chi connectivity index (χ1v) is 11.8. The van der Waals surface area contributed by atoms with Gasteiger partial charge in [0.15, 0.2) is 9.84 Å². The standard InChI is InChI=1S/C20H23ClN6O3S/c1-12(2)27-11-24-19(25-27)18-17(22-6-7-23-18)13(3)26(4)20(28)14-8-15(21)10-16(9-14)31(5,29)30/h6-13H,1-5H3. The molecule has 0 spiro atoms. The minimum atomic E-state index is -3.52. The minimum Gasteiger partial charge on any atom is -0.333 e. The van der Waals surface area contributed by atoms with Crippen LogP contribution in [-0.4, -0.2) is 57.3 Å². The highest BCUT2D eigenvalue weighted by molar-refractivity contribution is 7.90. The predicted molar refractivity (Wildman–Crippen MR) is 117 cm³/mol. The first-order chi connectivity index (χ1) is 14.5. The first kappa shape index (κ1) is 22.8. The van der Waals surface area contributed by atoms with Crippen LogP contribution in [0.2, 0.25) is 5.02 Å². The average Bonchev–Trinajstić information content (AvgIpc) is 3.21. The summed E-state index contributed by atoms with van der Waals surface area (Å²) in [6, 6.07) is 3.70. The van der Waals surface area contributed by atoms with Crippen LogP contribution in [0.1, 0.15) is 48.9 Å². The van der Waals surface area contributed by atoms with Crippen molar-refractivity contribution in [2.24, 2.45) is 0 Å². The second kappa shape index (κ2) is 8.72. The fraction of sp³-hybridized carbons (Fsp3) is 0.350. The summed E-state index contributed by atoms with van der Waals surface area (Å²) in [6.07, 6.45) is 5.76. The summed E-state index contributed by atoms with van der Waals surface area (Å²) in [7, 11) is -1.92. The molecule has 9 nitrogen and oxygen atoms in total. The van der Waals surface area contributed by atoms with Gasteiger partial charge in [0.1, 0.15) is 12.0 Å². The van der Waals surface area contributed by atoms with Crippen LogP contribution in [0.4, 0.5) is 0 Å². The summed E-state index contributed by atoms with van der Waals surface area (Å²) in [5.41, 5.74) is 1.15. The molecule has 0 fully saturated rings. The number of amides is 1. The molecule has 2 heterocycles.